The van der Waals surface area contributed by atoms with Gasteiger partial charge in [0, 0.05) is 6.54 Å². The van der Waals surface area contributed by atoms with Crippen LogP contribution in [0.15, 0.2) is 0 Å². The van der Waals surface area contributed by atoms with E-state index in [0.717, 1.165) is 6.42 Å². The molecule has 15 heavy (non-hydrogen) atoms. The Labute approximate surface area is 88.2 Å². The second-order valence-electron chi connectivity index (χ2n) is 4.94. The molecule has 0 saturated carbocycles. The van der Waals surface area contributed by atoms with E-state index in [-0.39, 0.29) is 12.0 Å². The summed E-state index contributed by atoms with van der Waals surface area (Å²) >= 11 is 0. The zero-order valence-corrected chi connectivity index (χ0v) is 9.53. The van der Waals surface area contributed by atoms with E-state index in [1.165, 1.54) is 0 Å². The van der Waals surface area contributed by atoms with Crippen LogP contribution in [0, 0.1) is 11.3 Å². The Morgan fingerprint density at radius 1 is 1.27 bits per heavy atom. The second-order valence-corrected chi connectivity index (χ2v) is 4.94. The Kier molecular flexibility index (Phi) is 4.62. The molecule has 90 valence electrons. The number of carbonyl (C=O) groups is 1. The van der Waals surface area contributed by atoms with Crippen LogP contribution in [0.3, 0.4) is 0 Å². The van der Waals surface area contributed by atoms with Crippen molar-refractivity contribution in [1.29, 1.82) is 0 Å². The monoisotopic (exact) mass is 225 g/mol. The maximum Gasteiger partial charge on any atom is 0.471 e. The maximum absolute atomic E-state index is 11.9. The molecule has 0 spiro atoms. The minimum Gasteiger partial charge on any atom is -0.348 e. The molecular weight excluding hydrogens is 207 g/mol. The van der Waals surface area contributed by atoms with Crippen molar-refractivity contribution in [3.63, 3.8) is 0 Å². The van der Waals surface area contributed by atoms with E-state index in [4.69, 9.17) is 0 Å². The summed E-state index contributed by atoms with van der Waals surface area (Å²) < 4.78 is 35.6. The third-order valence-corrected chi connectivity index (χ3v) is 1.95. The Morgan fingerprint density at radius 3 is 2.07 bits per heavy atom. The summed E-state index contributed by atoms with van der Waals surface area (Å²) in [4.78, 5) is 10.6. The number of rotatable bonds is 4. The number of hydrogen-bond donors (Lipinski definition) is 1. The molecule has 0 saturated heterocycles. The van der Waals surface area contributed by atoms with Crippen LogP contribution in [0.2, 0.25) is 0 Å². The lowest BCUT2D eigenvalue weighted by Crippen LogP contribution is -2.42. The molecule has 0 unspecified atom stereocenters. The smallest absolute Gasteiger partial charge is 0.348 e. The summed E-state index contributed by atoms with van der Waals surface area (Å²) in [6.07, 6.45) is -4.01. The highest BCUT2D eigenvalue weighted by Crippen LogP contribution is 2.24. The molecule has 0 aliphatic carbocycles. The first-order valence-electron chi connectivity index (χ1n) is 4.89. The molecule has 0 aromatic carbocycles. The van der Waals surface area contributed by atoms with Crippen LogP contribution in [0.4, 0.5) is 13.2 Å². The van der Waals surface area contributed by atoms with Crippen molar-refractivity contribution in [2.45, 2.75) is 40.3 Å². The van der Waals surface area contributed by atoms with Gasteiger partial charge in [0.2, 0.25) is 0 Å². The molecule has 0 fully saturated rings. The van der Waals surface area contributed by atoms with E-state index in [0.29, 0.717) is 5.92 Å². The van der Waals surface area contributed by atoms with Crippen molar-refractivity contribution in [2.75, 3.05) is 6.54 Å². The number of carbonyl (C=O) groups excluding carboxylic acids is 1. The molecule has 0 aliphatic rings. The molecule has 1 amide bonds. The minimum absolute atomic E-state index is 0.0452. The van der Waals surface area contributed by atoms with Crippen molar-refractivity contribution in [3.8, 4) is 0 Å². The van der Waals surface area contributed by atoms with Gasteiger partial charge in [-0.15, -0.1) is 0 Å². The van der Waals surface area contributed by atoms with E-state index in [1.807, 2.05) is 33.0 Å². The molecular formula is C10H18F3NO. The first-order valence-corrected chi connectivity index (χ1v) is 4.89. The predicted octanol–water partition coefficient (Wildman–Crippen LogP) is 2.74. The molecule has 1 N–H and O–H groups in total. The van der Waals surface area contributed by atoms with Gasteiger partial charge in [-0.25, -0.2) is 0 Å². The molecule has 0 aromatic heterocycles. The Balaban J connectivity index is 4.10. The zero-order valence-electron chi connectivity index (χ0n) is 9.53. The average Bonchev–Trinajstić information content (AvgIpc) is 1.95. The van der Waals surface area contributed by atoms with Crippen LogP contribution in [-0.4, -0.2) is 18.6 Å². The summed E-state index contributed by atoms with van der Waals surface area (Å²) in [6, 6.07) is 0. The maximum atomic E-state index is 11.9. The van der Waals surface area contributed by atoms with E-state index in [1.54, 1.807) is 0 Å². The summed E-state index contributed by atoms with van der Waals surface area (Å²) in [5.41, 5.74) is -0.310. The summed E-state index contributed by atoms with van der Waals surface area (Å²) in [6.45, 7) is 7.71. The van der Waals surface area contributed by atoms with Crippen LogP contribution in [0.1, 0.15) is 34.1 Å². The second kappa shape index (κ2) is 4.86. The highest BCUT2D eigenvalue weighted by molar-refractivity contribution is 5.81. The molecule has 0 aliphatic heterocycles. The third kappa shape index (κ3) is 6.36. The summed E-state index contributed by atoms with van der Waals surface area (Å²) in [5, 5.41) is 1.90. The molecule has 0 aromatic rings. The number of amides is 1. The molecule has 0 bridgehead atoms. The van der Waals surface area contributed by atoms with Crippen LogP contribution in [0.5, 0.6) is 0 Å². The topological polar surface area (TPSA) is 29.1 Å². The quantitative estimate of drug-likeness (QED) is 0.783. The number of alkyl halides is 3. The van der Waals surface area contributed by atoms with E-state index in [9.17, 15) is 18.0 Å². The van der Waals surface area contributed by atoms with E-state index in [2.05, 4.69) is 0 Å². The van der Waals surface area contributed by atoms with Gasteiger partial charge in [-0.05, 0) is 17.8 Å². The van der Waals surface area contributed by atoms with Gasteiger partial charge < -0.3 is 5.32 Å². The van der Waals surface area contributed by atoms with Gasteiger partial charge in [0.1, 0.15) is 0 Å². The van der Waals surface area contributed by atoms with Crippen molar-refractivity contribution in [3.05, 3.63) is 0 Å². The van der Waals surface area contributed by atoms with Gasteiger partial charge in [0.25, 0.3) is 0 Å². The Bertz CT molecular complexity index is 221. The van der Waals surface area contributed by atoms with Crippen LogP contribution < -0.4 is 5.32 Å². The van der Waals surface area contributed by atoms with Gasteiger partial charge in [0.15, 0.2) is 0 Å². The van der Waals surface area contributed by atoms with Crippen LogP contribution >= 0.6 is 0 Å². The van der Waals surface area contributed by atoms with Crippen molar-refractivity contribution in [2.24, 2.45) is 11.3 Å². The van der Waals surface area contributed by atoms with E-state index < -0.39 is 12.1 Å². The number of hydrogen-bond acceptors (Lipinski definition) is 1. The van der Waals surface area contributed by atoms with Gasteiger partial charge in [-0.3, -0.25) is 4.79 Å². The Morgan fingerprint density at radius 2 is 1.73 bits per heavy atom. The number of halogens is 3. The average molecular weight is 225 g/mol. The zero-order chi connectivity index (χ0) is 12.3. The highest BCUT2D eigenvalue weighted by Gasteiger charge is 2.39. The lowest BCUT2D eigenvalue weighted by molar-refractivity contribution is -0.174. The first-order chi connectivity index (χ1) is 6.54. The molecule has 0 heterocycles. The molecule has 0 radical (unpaired) electrons. The standard InChI is InChI=1S/C10H18F3NO/c1-7(2)5-9(3,4)6-14-8(15)10(11,12)13/h7H,5-6H2,1-4H3,(H,14,15). The van der Waals surface area contributed by atoms with Gasteiger partial charge in [-0.2, -0.15) is 13.2 Å². The molecule has 0 rings (SSSR count). The SMILES string of the molecule is CC(C)CC(C)(C)CNC(=O)C(F)(F)F. The number of nitrogens with one attached hydrogen (secondary N) is 1. The van der Waals surface area contributed by atoms with Crippen LogP contribution in [-0.2, 0) is 4.79 Å². The summed E-state index contributed by atoms with van der Waals surface area (Å²) in [5.74, 6) is -1.47. The minimum atomic E-state index is -4.78. The fraction of sp³-hybridized carbons (Fsp3) is 0.900. The van der Waals surface area contributed by atoms with Crippen molar-refractivity contribution < 1.29 is 18.0 Å². The normalized spacial score (nSPS) is 13.1. The fourth-order valence-corrected chi connectivity index (χ4v) is 1.60. The lowest BCUT2D eigenvalue weighted by Gasteiger charge is -2.27. The predicted molar refractivity (Wildman–Crippen MR) is 52.3 cm³/mol. The summed E-state index contributed by atoms with van der Waals surface area (Å²) in [7, 11) is 0. The van der Waals surface area contributed by atoms with Gasteiger partial charge in [-0.1, -0.05) is 27.7 Å². The van der Waals surface area contributed by atoms with Gasteiger partial charge >= 0.3 is 12.1 Å². The third-order valence-electron chi connectivity index (χ3n) is 1.95. The Hall–Kier alpha value is -0.740. The van der Waals surface area contributed by atoms with Crippen LogP contribution in [0.25, 0.3) is 0 Å². The van der Waals surface area contributed by atoms with E-state index >= 15 is 0 Å². The van der Waals surface area contributed by atoms with Crippen molar-refractivity contribution in [1.82, 2.24) is 5.32 Å². The van der Waals surface area contributed by atoms with Gasteiger partial charge in [0.05, 0.1) is 0 Å². The largest absolute Gasteiger partial charge is 0.471 e. The molecule has 0 atom stereocenters. The highest BCUT2D eigenvalue weighted by atomic mass is 19.4. The van der Waals surface area contributed by atoms with Crippen molar-refractivity contribution >= 4 is 5.91 Å². The first kappa shape index (κ1) is 14.3. The fourth-order valence-electron chi connectivity index (χ4n) is 1.60. The molecule has 5 heteroatoms. The lowest BCUT2D eigenvalue weighted by atomic mass is 9.84. The molecule has 2 nitrogen and oxygen atoms in total.